The number of hydrogen-bond acceptors (Lipinski definition) is 3. The number of alkyl halides is 3. The summed E-state index contributed by atoms with van der Waals surface area (Å²) in [6.45, 7) is 3.30. The number of rotatable bonds is 4. The molecule has 2 unspecified atom stereocenters. The van der Waals surface area contributed by atoms with Gasteiger partial charge in [-0.05, 0) is 31.0 Å². The van der Waals surface area contributed by atoms with Gasteiger partial charge < -0.3 is 15.0 Å². The number of carbonyl (C=O) groups is 1. The molecule has 30 heavy (non-hydrogen) atoms. The molecule has 0 saturated heterocycles. The molecule has 1 aromatic carbocycles. The zero-order chi connectivity index (χ0) is 22.3. The number of aliphatic hydroxyl groups is 1. The van der Waals surface area contributed by atoms with E-state index in [0.717, 1.165) is 6.07 Å². The minimum Gasteiger partial charge on any atom is -0.394 e. The number of aliphatic hydroxyl groups excluding tert-OH is 1. The molecule has 2 aromatic rings. The van der Waals surface area contributed by atoms with Crippen LogP contribution < -0.4 is 10.0 Å². The molecule has 1 aliphatic heterocycles. The third kappa shape index (κ3) is 4.05. The molecule has 162 valence electrons. The zero-order valence-corrected chi connectivity index (χ0v) is 16.7. The molecule has 3 rings (SSSR count). The summed E-state index contributed by atoms with van der Waals surface area (Å²) in [5, 5.41) is 12.0. The van der Waals surface area contributed by atoms with Gasteiger partial charge in [0.1, 0.15) is 22.5 Å². The maximum Gasteiger partial charge on any atom is 0.419 e. The molecule has 0 aliphatic carbocycles. The smallest absolute Gasteiger partial charge is 0.394 e. The first-order valence-corrected chi connectivity index (χ1v) is 9.96. The Labute approximate surface area is 172 Å². The van der Waals surface area contributed by atoms with Crippen molar-refractivity contribution in [3.05, 3.63) is 59.7 Å². The molecule has 0 radical (unpaired) electrons. The Bertz CT molecular complexity index is 1030. The molecule has 6 nitrogen and oxygen atoms in total. The van der Waals surface area contributed by atoms with Gasteiger partial charge in [0.25, 0.3) is 5.91 Å². The number of amides is 1. The fourth-order valence-corrected chi connectivity index (χ4v) is 4.72. The number of nitrogens with zero attached hydrogens (tertiary/aromatic N) is 1. The van der Waals surface area contributed by atoms with E-state index in [1.165, 1.54) is 16.8 Å². The van der Waals surface area contributed by atoms with Crippen molar-refractivity contribution in [1.82, 2.24) is 9.29 Å². The molecule has 0 fully saturated rings. The van der Waals surface area contributed by atoms with Gasteiger partial charge in [0.05, 0.1) is 22.6 Å². The fraction of sp³-hybridized carbons (Fsp3) is 0.316. The SMILES string of the molecule is C=CC1(CO)CCc2c(cn(C)c2C(=O)Nc2ccc(F)c(C(F)(F)F)c2)S(=O)N1. The Kier molecular flexibility index (Phi) is 5.89. The summed E-state index contributed by atoms with van der Waals surface area (Å²) in [5.41, 5.74) is -2.17. The number of carbonyl (C=O) groups excluding carboxylic acids is 1. The van der Waals surface area contributed by atoms with Crippen molar-refractivity contribution in [1.29, 1.82) is 0 Å². The minimum atomic E-state index is -4.91. The summed E-state index contributed by atoms with van der Waals surface area (Å²) >= 11 is 0. The first-order valence-electron chi connectivity index (χ1n) is 8.81. The van der Waals surface area contributed by atoms with Crippen LogP contribution in [0.3, 0.4) is 0 Å². The van der Waals surface area contributed by atoms with Gasteiger partial charge in [-0.2, -0.15) is 13.2 Å². The Balaban J connectivity index is 1.95. The average Bonchev–Trinajstić information content (AvgIpc) is 2.95. The number of aryl methyl sites for hydroxylation is 1. The third-order valence-electron chi connectivity index (χ3n) is 4.98. The van der Waals surface area contributed by atoms with E-state index >= 15 is 0 Å². The average molecular weight is 445 g/mol. The molecule has 0 saturated carbocycles. The van der Waals surface area contributed by atoms with Crippen LogP contribution in [0.1, 0.15) is 28.0 Å². The first kappa shape index (κ1) is 22.2. The lowest BCUT2D eigenvalue weighted by atomic mass is 9.93. The summed E-state index contributed by atoms with van der Waals surface area (Å²) < 4.78 is 69.2. The largest absolute Gasteiger partial charge is 0.419 e. The number of aromatic nitrogens is 1. The highest BCUT2D eigenvalue weighted by atomic mass is 32.2. The van der Waals surface area contributed by atoms with Crippen LogP contribution >= 0.6 is 0 Å². The van der Waals surface area contributed by atoms with Gasteiger partial charge in [0.2, 0.25) is 0 Å². The highest BCUT2D eigenvalue weighted by Crippen LogP contribution is 2.34. The summed E-state index contributed by atoms with van der Waals surface area (Å²) in [6.07, 6.45) is -1.41. The van der Waals surface area contributed by atoms with Gasteiger partial charge in [-0.3, -0.25) is 4.79 Å². The number of halogens is 4. The normalized spacial score (nSPS) is 21.6. The number of nitrogens with one attached hydrogen (secondary N) is 2. The van der Waals surface area contributed by atoms with Crippen molar-refractivity contribution in [3.8, 4) is 0 Å². The van der Waals surface area contributed by atoms with Crippen molar-refractivity contribution in [2.75, 3.05) is 11.9 Å². The highest BCUT2D eigenvalue weighted by Gasteiger charge is 2.36. The summed E-state index contributed by atoms with van der Waals surface area (Å²) in [5.74, 6) is -2.18. The Hall–Kier alpha value is -2.50. The molecular formula is C19H19F4N3O3S. The Morgan fingerprint density at radius 3 is 2.77 bits per heavy atom. The van der Waals surface area contributed by atoms with Crippen LogP contribution in [0.15, 0.2) is 41.9 Å². The molecule has 3 N–H and O–H groups in total. The summed E-state index contributed by atoms with van der Waals surface area (Å²) in [7, 11) is -0.212. The van der Waals surface area contributed by atoms with Crippen molar-refractivity contribution < 1.29 is 31.7 Å². The van der Waals surface area contributed by atoms with E-state index < -0.39 is 40.0 Å². The second kappa shape index (κ2) is 7.97. The van der Waals surface area contributed by atoms with E-state index in [0.29, 0.717) is 29.0 Å². The van der Waals surface area contributed by atoms with Crippen molar-refractivity contribution in [2.24, 2.45) is 7.05 Å². The molecule has 1 aliphatic rings. The molecule has 11 heteroatoms. The second-order valence-corrected chi connectivity index (χ2v) is 8.15. The summed E-state index contributed by atoms with van der Waals surface area (Å²) in [6, 6.07) is 2.17. The van der Waals surface area contributed by atoms with E-state index in [-0.39, 0.29) is 24.4 Å². The lowest BCUT2D eigenvalue weighted by Crippen LogP contribution is -2.46. The van der Waals surface area contributed by atoms with Gasteiger partial charge >= 0.3 is 6.18 Å². The van der Waals surface area contributed by atoms with Gasteiger partial charge in [0.15, 0.2) is 0 Å². The molecular weight excluding hydrogens is 426 g/mol. The lowest BCUT2D eigenvalue weighted by Gasteiger charge is -2.26. The Morgan fingerprint density at radius 2 is 2.17 bits per heavy atom. The third-order valence-corrected chi connectivity index (χ3v) is 6.32. The predicted molar refractivity (Wildman–Crippen MR) is 103 cm³/mol. The van der Waals surface area contributed by atoms with E-state index in [1.54, 1.807) is 7.05 Å². The van der Waals surface area contributed by atoms with Crippen molar-refractivity contribution in [3.63, 3.8) is 0 Å². The van der Waals surface area contributed by atoms with Gasteiger partial charge in [0, 0.05) is 24.5 Å². The monoisotopic (exact) mass is 445 g/mol. The number of benzene rings is 1. The van der Waals surface area contributed by atoms with Gasteiger partial charge in [-0.15, -0.1) is 6.58 Å². The topological polar surface area (TPSA) is 83.4 Å². The maximum atomic E-state index is 13.5. The second-order valence-electron chi connectivity index (χ2n) is 6.97. The van der Waals surface area contributed by atoms with Crippen LogP contribution in [-0.4, -0.2) is 31.9 Å². The highest BCUT2D eigenvalue weighted by molar-refractivity contribution is 7.83. The van der Waals surface area contributed by atoms with Crippen LogP contribution in [0.5, 0.6) is 0 Å². The number of anilines is 1. The molecule has 1 amide bonds. The van der Waals surface area contributed by atoms with E-state index in [9.17, 15) is 31.7 Å². The molecule has 0 bridgehead atoms. The standard InChI is InChI=1S/C19H19F4N3O3S/c1-3-18(10-27)7-6-12-15(30(29)25-18)9-26(2)16(12)17(28)24-11-4-5-14(20)13(8-11)19(21,22)23/h3-5,8-9,25,27H,1,6-7,10H2,2H3,(H,24,28). The van der Waals surface area contributed by atoms with E-state index in [4.69, 9.17) is 0 Å². The molecule has 0 spiro atoms. The maximum absolute atomic E-state index is 13.5. The Morgan fingerprint density at radius 1 is 1.47 bits per heavy atom. The zero-order valence-electron chi connectivity index (χ0n) is 15.8. The van der Waals surface area contributed by atoms with Crippen LogP contribution in [-0.2, 0) is 30.6 Å². The number of fused-ring (bicyclic) bond motifs is 1. The molecule has 2 atom stereocenters. The molecule has 1 aromatic heterocycles. The number of hydrogen-bond donors (Lipinski definition) is 3. The fourth-order valence-electron chi connectivity index (χ4n) is 3.32. The van der Waals surface area contributed by atoms with Crippen LogP contribution in [0.25, 0.3) is 0 Å². The van der Waals surface area contributed by atoms with Crippen molar-refractivity contribution in [2.45, 2.75) is 29.5 Å². The molecule has 2 heterocycles. The first-order chi connectivity index (χ1) is 14.0. The summed E-state index contributed by atoms with van der Waals surface area (Å²) in [4.78, 5) is 13.2. The minimum absolute atomic E-state index is 0.107. The quantitative estimate of drug-likeness (QED) is 0.500. The van der Waals surface area contributed by atoms with E-state index in [2.05, 4.69) is 16.6 Å². The van der Waals surface area contributed by atoms with Crippen LogP contribution in [0, 0.1) is 5.82 Å². The van der Waals surface area contributed by atoms with Crippen molar-refractivity contribution >= 4 is 22.6 Å². The van der Waals surface area contributed by atoms with E-state index in [1.807, 2.05) is 0 Å². The predicted octanol–water partition coefficient (Wildman–Crippen LogP) is 2.91. The van der Waals surface area contributed by atoms with Crippen LogP contribution in [0.4, 0.5) is 23.2 Å². The lowest BCUT2D eigenvalue weighted by molar-refractivity contribution is -0.139. The van der Waals surface area contributed by atoms with Crippen LogP contribution in [0.2, 0.25) is 0 Å². The van der Waals surface area contributed by atoms with Gasteiger partial charge in [-0.1, -0.05) is 6.08 Å². The van der Waals surface area contributed by atoms with Gasteiger partial charge in [-0.25, -0.2) is 13.3 Å².